The van der Waals surface area contributed by atoms with E-state index in [0.29, 0.717) is 11.1 Å². The zero-order valence-electron chi connectivity index (χ0n) is 13.2. The fraction of sp³-hybridized carbons (Fsp3) is 0.263. The van der Waals surface area contributed by atoms with Crippen LogP contribution in [0.25, 0.3) is 0 Å². The van der Waals surface area contributed by atoms with E-state index in [1.165, 1.54) is 18.2 Å². The molecule has 0 bridgehead atoms. The Morgan fingerprint density at radius 3 is 2.83 bits per heavy atom. The molecule has 1 aromatic rings. The van der Waals surface area contributed by atoms with Crippen molar-refractivity contribution in [3.05, 3.63) is 77.2 Å². The summed E-state index contributed by atoms with van der Waals surface area (Å²) >= 11 is 0. The Morgan fingerprint density at radius 2 is 2.13 bits per heavy atom. The summed E-state index contributed by atoms with van der Waals surface area (Å²) in [4.78, 5) is 0. The second-order valence-corrected chi connectivity index (χ2v) is 5.41. The van der Waals surface area contributed by atoms with Gasteiger partial charge in [0, 0.05) is 0 Å². The molecule has 0 saturated carbocycles. The number of rotatable bonds is 2. The second-order valence-electron chi connectivity index (χ2n) is 5.41. The summed E-state index contributed by atoms with van der Waals surface area (Å²) in [7, 11) is 0. The number of allylic oxidation sites excluding steroid dienone is 4. The van der Waals surface area contributed by atoms with Crippen molar-refractivity contribution in [2.45, 2.75) is 26.1 Å². The number of alkyl halides is 1. The molecular formula is C19H20F2O2. The van der Waals surface area contributed by atoms with Crippen LogP contribution in [-0.2, 0) is 0 Å². The van der Waals surface area contributed by atoms with Gasteiger partial charge in [-0.3, -0.25) is 0 Å². The van der Waals surface area contributed by atoms with Gasteiger partial charge in [-0.15, -0.1) is 0 Å². The van der Waals surface area contributed by atoms with Crippen molar-refractivity contribution in [2.24, 2.45) is 0 Å². The first-order chi connectivity index (χ1) is 11.0. The first kappa shape index (κ1) is 17.2. The van der Waals surface area contributed by atoms with Gasteiger partial charge in [0.15, 0.2) is 0 Å². The Bertz CT molecular complexity index is 687. The van der Waals surface area contributed by atoms with Crippen molar-refractivity contribution < 1.29 is 18.6 Å². The summed E-state index contributed by atoms with van der Waals surface area (Å²) < 4.78 is 32.5. The van der Waals surface area contributed by atoms with Gasteiger partial charge >= 0.3 is 0 Å². The Hall–Kier alpha value is -2.20. The van der Waals surface area contributed by atoms with Gasteiger partial charge in [-0.2, -0.15) is 0 Å². The smallest absolute Gasteiger partial charge is 0.133 e. The first-order valence-corrected chi connectivity index (χ1v) is 7.39. The van der Waals surface area contributed by atoms with Crippen LogP contribution < -0.4 is 4.74 Å². The highest BCUT2D eigenvalue weighted by Crippen LogP contribution is 2.37. The van der Waals surface area contributed by atoms with E-state index >= 15 is 0 Å². The third-order valence-corrected chi connectivity index (χ3v) is 3.69. The normalized spacial score (nSPS) is 26.7. The van der Waals surface area contributed by atoms with Crippen molar-refractivity contribution >= 4 is 0 Å². The van der Waals surface area contributed by atoms with E-state index in [9.17, 15) is 13.9 Å². The maximum Gasteiger partial charge on any atom is 0.133 e. The van der Waals surface area contributed by atoms with Crippen LogP contribution in [0.1, 0.15) is 25.5 Å². The van der Waals surface area contributed by atoms with Crippen molar-refractivity contribution in [3.63, 3.8) is 0 Å². The number of halogens is 2. The Labute approximate surface area is 135 Å². The number of hydrogen-bond acceptors (Lipinski definition) is 2. The molecule has 23 heavy (non-hydrogen) atoms. The highest BCUT2D eigenvalue weighted by atomic mass is 19.1. The van der Waals surface area contributed by atoms with Crippen LogP contribution >= 0.6 is 0 Å². The molecular weight excluding hydrogens is 298 g/mol. The molecule has 1 aromatic carbocycles. The SMILES string of the molecule is C=C1C(/C=C\CF)=C(C)\C=C/C(C)Oc2cccc(F)c2C1O. The number of hydrogen-bond donors (Lipinski definition) is 1. The summed E-state index contributed by atoms with van der Waals surface area (Å²) in [6, 6.07) is 4.39. The predicted octanol–water partition coefficient (Wildman–Crippen LogP) is 4.59. The number of ether oxygens (including phenoxy) is 1. The minimum atomic E-state index is -1.28. The molecule has 1 aliphatic heterocycles. The molecule has 2 nitrogen and oxygen atoms in total. The predicted molar refractivity (Wildman–Crippen MR) is 87.5 cm³/mol. The third kappa shape index (κ3) is 3.77. The average molecular weight is 318 g/mol. The average Bonchev–Trinajstić information content (AvgIpc) is 2.52. The van der Waals surface area contributed by atoms with Crippen molar-refractivity contribution in [1.29, 1.82) is 0 Å². The molecule has 0 spiro atoms. The number of aliphatic hydroxyl groups is 1. The molecule has 1 N–H and O–H groups in total. The standard InChI is InChI=1S/C19H20F2O2/c1-12-9-10-13(2)23-17-8-4-7-16(21)18(17)19(22)14(3)15(12)6-5-11-20/h4-10,13,19,22H,3,11H2,1-2H3/b6-5-,10-9-,15-12-. The molecule has 1 heterocycles. The van der Waals surface area contributed by atoms with E-state index in [1.54, 1.807) is 12.1 Å². The lowest BCUT2D eigenvalue weighted by Gasteiger charge is -2.23. The topological polar surface area (TPSA) is 29.5 Å². The molecule has 0 aromatic heterocycles. The van der Waals surface area contributed by atoms with Crippen LogP contribution in [0.2, 0.25) is 0 Å². The molecule has 2 rings (SSSR count). The zero-order valence-corrected chi connectivity index (χ0v) is 13.2. The number of fused-ring (bicyclic) bond motifs is 1. The molecule has 0 aliphatic carbocycles. The van der Waals surface area contributed by atoms with E-state index in [4.69, 9.17) is 4.74 Å². The van der Waals surface area contributed by atoms with Gasteiger partial charge in [-0.25, -0.2) is 8.78 Å². The van der Waals surface area contributed by atoms with Crippen LogP contribution in [0.15, 0.2) is 65.8 Å². The molecule has 122 valence electrons. The molecule has 0 amide bonds. The summed E-state index contributed by atoms with van der Waals surface area (Å²) in [5.41, 5.74) is 1.70. The summed E-state index contributed by atoms with van der Waals surface area (Å²) in [6.45, 7) is 6.88. The maximum atomic E-state index is 14.3. The Morgan fingerprint density at radius 1 is 1.39 bits per heavy atom. The minimum Gasteiger partial charge on any atom is -0.486 e. The highest BCUT2D eigenvalue weighted by molar-refractivity contribution is 5.52. The quantitative estimate of drug-likeness (QED) is 0.864. The molecule has 0 saturated heterocycles. The lowest BCUT2D eigenvalue weighted by molar-refractivity contribution is 0.197. The summed E-state index contributed by atoms with van der Waals surface area (Å²) in [5.74, 6) is -0.302. The lowest BCUT2D eigenvalue weighted by Crippen LogP contribution is -2.15. The van der Waals surface area contributed by atoms with Gasteiger partial charge in [0.25, 0.3) is 0 Å². The highest BCUT2D eigenvalue weighted by Gasteiger charge is 2.24. The third-order valence-electron chi connectivity index (χ3n) is 3.69. The van der Waals surface area contributed by atoms with Crippen LogP contribution in [0.4, 0.5) is 8.78 Å². The molecule has 2 atom stereocenters. The molecule has 2 unspecified atom stereocenters. The van der Waals surface area contributed by atoms with Gasteiger partial charge in [-0.05, 0) is 48.8 Å². The maximum absolute atomic E-state index is 14.3. The fourth-order valence-electron chi connectivity index (χ4n) is 2.47. The number of aliphatic hydroxyl groups excluding tert-OH is 1. The van der Waals surface area contributed by atoms with Gasteiger partial charge in [0.2, 0.25) is 0 Å². The second kappa shape index (κ2) is 7.38. The van der Waals surface area contributed by atoms with E-state index < -0.39 is 18.6 Å². The summed E-state index contributed by atoms with van der Waals surface area (Å²) in [5, 5.41) is 10.6. The Balaban J connectivity index is 2.63. The van der Waals surface area contributed by atoms with Crippen LogP contribution in [-0.4, -0.2) is 17.9 Å². The van der Waals surface area contributed by atoms with E-state index in [2.05, 4.69) is 6.58 Å². The Kier molecular flexibility index (Phi) is 5.50. The van der Waals surface area contributed by atoms with Crippen LogP contribution in [0.5, 0.6) is 5.75 Å². The van der Waals surface area contributed by atoms with Gasteiger partial charge in [0.1, 0.15) is 30.4 Å². The van der Waals surface area contributed by atoms with Gasteiger partial charge < -0.3 is 9.84 Å². The van der Waals surface area contributed by atoms with Gasteiger partial charge in [-0.1, -0.05) is 30.9 Å². The largest absolute Gasteiger partial charge is 0.486 e. The monoisotopic (exact) mass is 318 g/mol. The first-order valence-electron chi connectivity index (χ1n) is 7.39. The number of benzene rings is 1. The minimum absolute atomic E-state index is 0.0404. The van der Waals surface area contributed by atoms with Crippen LogP contribution in [0, 0.1) is 5.82 Å². The molecule has 1 aliphatic rings. The molecule has 0 fully saturated rings. The van der Waals surface area contributed by atoms with E-state index in [1.807, 2.05) is 26.0 Å². The molecule has 4 heteroatoms. The van der Waals surface area contributed by atoms with E-state index in [-0.39, 0.29) is 17.4 Å². The van der Waals surface area contributed by atoms with Gasteiger partial charge in [0.05, 0.1) is 5.56 Å². The molecule has 0 radical (unpaired) electrons. The fourth-order valence-corrected chi connectivity index (χ4v) is 2.47. The van der Waals surface area contributed by atoms with Crippen molar-refractivity contribution in [2.75, 3.05) is 6.67 Å². The zero-order chi connectivity index (χ0) is 17.0. The van der Waals surface area contributed by atoms with E-state index in [0.717, 1.165) is 5.57 Å². The van der Waals surface area contributed by atoms with Crippen molar-refractivity contribution in [1.82, 2.24) is 0 Å². The van der Waals surface area contributed by atoms with Crippen LogP contribution in [0.3, 0.4) is 0 Å². The van der Waals surface area contributed by atoms with Crippen molar-refractivity contribution in [3.8, 4) is 5.75 Å². The summed E-state index contributed by atoms with van der Waals surface area (Å²) in [6.07, 6.45) is 4.94. The lowest BCUT2D eigenvalue weighted by atomic mass is 9.91.